The van der Waals surface area contributed by atoms with Gasteiger partial charge in [0.2, 0.25) is 0 Å². The smallest absolute Gasteiger partial charge is 0.255 e. The van der Waals surface area contributed by atoms with E-state index in [4.69, 9.17) is 4.74 Å². The number of anilines is 1. The zero-order chi connectivity index (χ0) is 20.4. The van der Waals surface area contributed by atoms with Gasteiger partial charge in [-0.3, -0.25) is 4.79 Å². The quantitative estimate of drug-likeness (QED) is 0.520. The highest BCUT2D eigenvalue weighted by molar-refractivity contribution is 6.04. The number of nitrogens with zero attached hydrogens (tertiary/aromatic N) is 2. The number of aryl methyl sites for hydroxylation is 2. The maximum atomic E-state index is 12.7. The molecular weight excluding hydrogens is 362 g/mol. The van der Waals surface area contributed by atoms with Gasteiger partial charge in [-0.25, -0.2) is 4.98 Å². The zero-order valence-electron chi connectivity index (χ0n) is 16.8. The second-order valence-electron chi connectivity index (χ2n) is 7.17. The van der Waals surface area contributed by atoms with Gasteiger partial charge in [0.15, 0.2) is 0 Å². The van der Waals surface area contributed by atoms with E-state index in [0.29, 0.717) is 17.9 Å². The van der Waals surface area contributed by atoms with Gasteiger partial charge in [-0.1, -0.05) is 24.3 Å². The molecule has 0 unspecified atom stereocenters. The lowest BCUT2D eigenvalue weighted by atomic mass is 10.1. The Morgan fingerprint density at radius 2 is 1.83 bits per heavy atom. The minimum Gasteiger partial charge on any atom is -0.487 e. The van der Waals surface area contributed by atoms with Crippen LogP contribution < -0.4 is 10.1 Å². The van der Waals surface area contributed by atoms with Crippen LogP contribution in [0.4, 0.5) is 5.69 Å². The molecule has 5 nitrogen and oxygen atoms in total. The van der Waals surface area contributed by atoms with Crippen LogP contribution in [0.25, 0.3) is 5.65 Å². The van der Waals surface area contributed by atoms with Crippen LogP contribution in [-0.4, -0.2) is 15.3 Å². The Hall–Kier alpha value is -3.60. The van der Waals surface area contributed by atoms with Gasteiger partial charge in [0.05, 0.1) is 5.69 Å². The third-order valence-electron chi connectivity index (χ3n) is 5.06. The van der Waals surface area contributed by atoms with E-state index < -0.39 is 0 Å². The van der Waals surface area contributed by atoms with Crippen molar-refractivity contribution in [1.82, 2.24) is 9.38 Å². The monoisotopic (exact) mass is 385 g/mol. The van der Waals surface area contributed by atoms with Crippen LogP contribution in [0, 0.1) is 20.8 Å². The molecule has 1 amide bonds. The number of benzene rings is 2. The third kappa shape index (κ3) is 3.99. The van der Waals surface area contributed by atoms with Crippen molar-refractivity contribution >= 4 is 17.2 Å². The van der Waals surface area contributed by atoms with Crippen LogP contribution in [0.1, 0.15) is 32.7 Å². The second-order valence-corrected chi connectivity index (χ2v) is 7.17. The molecule has 0 fully saturated rings. The van der Waals surface area contributed by atoms with Gasteiger partial charge in [0.25, 0.3) is 5.91 Å². The highest BCUT2D eigenvalue weighted by atomic mass is 16.5. The van der Waals surface area contributed by atoms with E-state index in [-0.39, 0.29) is 5.91 Å². The molecule has 29 heavy (non-hydrogen) atoms. The molecule has 0 saturated heterocycles. The maximum Gasteiger partial charge on any atom is 0.255 e. The number of carbonyl (C=O) groups excluding carboxylic acids is 1. The number of carbonyl (C=O) groups is 1. The largest absolute Gasteiger partial charge is 0.487 e. The summed E-state index contributed by atoms with van der Waals surface area (Å²) in [6.07, 6.45) is 3.93. The number of imidazole rings is 1. The van der Waals surface area contributed by atoms with Gasteiger partial charge in [0, 0.05) is 23.6 Å². The van der Waals surface area contributed by atoms with Crippen LogP contribution in [-0.2, 0) is 6.61 Å². The number of hydrogen-bond acceptors (Lipinski definition) is 3. The molecule has 0 saturated carbocycles. The number of rotatable bonds is 5. The van der Waals surface area contributed by atoms with Crippen molar-refractivity contribution in [3.8, 4) is 5.75 Å². The summed E-state index contributed by atoms with van der Waals surface area (Å²) in [6.45, 7) is 6.40. The van der Waals surface area contributed by atoms with Crippen LogP contribution in [0.15, 0.2) is 67.0 Å². The molecule has 0 aliphatic carbocycles. The Labute approximate surface area is 170 Å². The molecule has 5 heteroatoms. The molecule has 0 aliphatic heterocycles. The first-order valence-corrected chi connectivity index (χ1v) is 9.55. The average Bonchev–Trinajstić information content (AvgIpc) is 3.15. The van der Waals surface area contributed by atoms with Gasteiger partial charge in [0.1, 0.15) is 18.0 Å². The SMILES string of the molecule is Cc1cccc(NC(=O)c2cccc(OCc3cn4cccc(C)c4n3)c2)c1C. The fourth-order valence-electron chi connectivity index (χ4n) is 3.24. The molecule has 0 radical (unpaired) electrons. The first-order valence-electron chi connectivity index (χ1n) is 9.55. The number of fused-ring (bicyclic) bond motifs is 1. The summed E-state index contributed by atoms with van der Waals surface area (Å²) < 4.78 is 7.88. The number of pyridine rings is 1. The van der Waals surface area contributed by atoms with E-state index >= 15 is 0 Å². The van der Waals surface area contributed by atoms with Crippen molar-refractivity contribution in [1.29, 1.82) is 0 Å². The lowest BCUT2D eigenvalue weighted by Crippen LogP contribution is -2.13. The Morgan fingerprint density at radius 1 is 1.03 bits per heavy atom. The molecule has 0 bridgehead atoms. The summed E-state index contributed by atoms with van der Waals surface area (Å²) in [4.78, 5) is 17.3. The van der Waals surface area contributed by atoms with Gasteiger partial charge in [-0.2, -0.15) is 0 Å². The highest BCUT2D eigenvalue weighted by Crippen LogP contribution is 2.21. The predicted molar refractivity (Wildman–Crippen MR) is 115 cm³/mol. The van der Waals surface area contributed by atoms with E-state index in [0.717, 1.165) is 33.7 Å². The van der Waals surface area contributed by atoms with Crippen molar-refractivity contribution in [3.63, 3.8) is 0 Å². The minimum atomic E-state index is -0.160. The number of aromatic nitrogens is 2. The van der Waals surface area contributed by atoms with Crippen molar-refractivity contribution in [2.24, 2.45) is 0 Å². The van der Waals surface area contributed by atoms with Crippen molar-refractivity contribution < 1.29 is 9.53 Å². The van der Waals surface area contributed by atoms with Crippen LogP contribution in [0.2, 0.25) is 0 Å². The van der Waals surface area contributed by atoms with E-state index in [2.05, 4.69) is 10.3 Å². The van der Waals surface area contributed by atoms with E-state index in [9.17, 15) is 4.79 Å². The topological polar surface area (TPSA) is 55.6 Å². The van der Waals surface area contributed by atoms with Crippen LogP contribution in [0.5, 0.6) is 5.75 Å². The number of nitrogens with one attached hydrogen (secondary N) is 1. The second kappa shape index (κ2) is 7.80. The summed E-state index contributed by atoms with van der Waals surface area (Å²) in [5, 5.41) is 2.98. The molecular formula is C24H23N3O2. The molecule has 146 valence electrons. The lowest BCUT2D eigenvalue weighted by Gasteiger charge is -2.11. The van der Waals surface area contributed by atoms with Gasteiger partial charge in [-0.05, 0) is 67.8 Å². The van der Waals surface area contributed by atoms with E-state index in [1.165, 1.54) is 0 Å². The van der Waals surface area contributed by atoms with Crippen molar-refractivity contribution in [2.45, 2.75) is 27.4 Å². The van der Waals surface area contributed by atoms with Crippen LogP contribution >= 0.6 is 0 Å². The summed E-state index contributed by atoms with van der Waals surface area (Å²) in [6, 6.07) is 17.1. The van der Waals surface area contributed by atoms with Gasteiger partial charge >= 0.3 is 0 Å². The normalized spacial score (nSPS) is 10.9. The Bertz CT molecular complexity index is 1190. The molecule has 0 aliphatic rings. The average molecular weight is 385 g/mol. The van der Waals surface area contributed by atoms with Crippen LogP contribution in [0.3, 0.4) is 0 Å². The van der Waals surface area contributed by atoms with Gasteiger partial charge in [-0.15, -0.1) is 0 Å². The van der Waals surface area contributed by atoms with E-state index in [1.807, 2.05) is 80.0 Å². The third-order valence-corrected chi connectivity index (χ3v) is 5.06. The zero-order valence-corrected chi connectivity index (χ0v) is 16.8. The number of amides is 1. The fourth-order valence-corrected chi connectivity index (χ4v) is 3.24. The van der Waals surface area contributed by atoms with E-state index in [1.54, 1.807) is 12.1 Å². The molecule has 0 spiro atoms. The summed E-state index contributed by atoms with van der Waals surface area (Å²) in [7, 11) is 0. The van der Waals surface area contributed by atoms with Crippen molar-refractivity contribution in [3.05, 3.63) is 94.9 Å². The lowest BCUT2D eigenvalue weighted by molar-refractivity contribution is 0.102. The summed E-state index contributed by atoms with van der Waals surface area (Å²) >= 11 is 0. The highest BCUT2D eigenvalue weighted by Gasteiger charge is 2.10. The Morgan fingerprint density at radius 3 is 2.66 bits per heavy atom. The molecule has 2 aromatic heterocycles. The Kier molecular flexibility index (Phi) is 5.04. The summed E-state index contributed by atoms with van der Waals surface area (Å²) in [5.74, 6) is 0.472. The maximum absolute atomic E-state index is 12.7. The standard InChI is InChI=1S/C24H23N3O2/c1-16-7-4-11-22(18(16)3)26-24(28)19-9-5-10-21(13-19)29-15-20-14-27-12-6-8-17(2)23(27)25-20/h4-14H,15H2,1-3H3,(H,26,28). The first-order chi connectivity index (χ1) is 14.0. The molecule has 2 heterocycles. The molecule has 1 N–H and O–H groups in total. The van der Waals surface area contributed by atoms with Crippen molar-refractivity contribution in [2.75, 3.05) is 5.32 Å². The fraction of sp³-hybridized carbons (Fsp3) is 0.167. The summed E-state index contributed by atoms with van der Waals surface area (Å²) in [5.41, 5.74) is 6.45. The number of hydrogen-bond donors (Lipinski definition) is 1. The van der Waals surface area contributed by atoms with Gasteiger partial charge < -0.3 is 14.5 Å². The molecule has 0 atom stereocenters. The molecule has 2 aromatic carbocycles. The molecule has 4 aromatic rings. The molecule has 4 rings (SSSR count). The first kappa shape index (κ1) is 18.7. The Balaban J connectivity index is 1.47. The minimum absolute atomic E-state index is 0.160. The predicted octanol–water partition coefficient (Wildman–Crippen LogP) is 5.09. The number of ether oxygens (including phenoxy) is 1.